The first-order valence-electron chi connectivity index (χ1n) is 6.52. The van der Waals surface area contributed by atoms with E-state index in [1.807, 2.05) is 23.2 Å². The lowest BCUT2D eigenvalue weighted by atomic mass is 10.1. The number of fused-ring (bicyclic) bond motifs is 1. The molecule has 102 valence electrons. The van der Waals surface area contributed by atoms with Gasteiger partial charge in [-0.25, -0.2) is 9.78 Å². The quantitative estimate of drug-likeness (QED) is 0.851. The Hall–Kier alpha value is -1.82. The van der Waals surface area contributed by atoms with E-state index in [0.29, 0.717) is 11.9 Å². The molecular formula is C13H18N4O2. The van der Waals surface area contributed by atoms with Crippen LogP contribution in [0, 0.1) is 0 Å². The summed E-state index contributed by atoms with van der Waals surface area (Å²) in [4.78, 5) is 20.0. The minimum atomic E-state index is 0.0794. The molecule has 0 spiro atoms. The van der Waals surface area contributed by atoms with Crippen LogP contribution in [0.15, 0.2) is 18.3 Å². The summed E-state index contributed by atoms with van der Waals surface area (Å²) in [5.41, 5.74) is 1.17. The molecule has 0 aliphatic carbocycles. The highest BCUT2D eigenvalue weighted by Crippen LogP contribution is 2.16. The Balaban J connectivity index is 1.60. The third kappa shape index (κ3) is 2.49. The smallest absolute Gasteiger partial charge is 0.317 e. The number of hydrogen-bond acceptors (Lipinski definition) is 4. The van der Waals surface area contributed by atoms with Crippen LogP contribution in [0.2, 0.25) is 0 Å². The van der Waals surface area contributed by atoms with Gasteiger partial charge in [-0.15, -0.1) is 0 Å². The van der Waals surface area contributed by atoms with Gasteiger partial charge in [-0.05, 0) is 5.56 Å². The predicted octanol–water partition coefficient (Wildman–Crippen LogP) is 0.300. The van der Waals surface area contributed by atoms with Gasteiger partial charge in [0.2, 0.25) is 5.88 Å². The van der Waals surface area contributed by atoms with Gasteiger partial charge in [0.15, 0.2) is 0 Å². The number of urea groups is 1. The molecule has 0 bridgehead atoms. The number of amides is 2. The third-order valence-corrected chi connectivity index (χ3v) is 3.73. The van der Waals surface area contributed by atoms with Gasteiger partial charge in [0.25, 0.3) is 0 Å². The second kappa shape index (κ2) is 5.05. The van der Waals surface area contributed by atoms with Gasteiger partial charge in [-0.2, -0.15) is 0 Å². The number of rotatable bonds is 3. The lowest BCUT2D eigenvalue weighted by Gasteiger charge is -2.36. The second-order valence-electron chi connectivity index (χ2n) is 4.98. The second-order valence-corrected chi connectivity index (χ2v) is 4.98. The molecule has 1 aromatic heterocycles. The molecule has 2 amide bonds. The molecule has 0 saturated carbocycles. The van der Waals surface area contributed by atoms with Crippen LogP contribution in [0.4, 0.5) is 4.79 Å². The van der Waals surface area contributed by atoms with Crippen LogP contribution in [-0.2, 0) is 6.54 Å². The molecular weight excluding hydrogens is 244 g/mol. The molecule has 3 heterocycles. The van der Waals surface area contributed by atoms with Crippen LogP contribution in [0.3, 0.4) is 0 Å². The lowest BCUT2D eigenvalue weighted by Crippen LogP contribution is -2.51. The van der Waals surface area contributed by atoms with Crippen molar-refractivity contribution in [3.8, 4) is 5.88 Å². The van der Waals surface area contributed by atoms with E-state index in [-0.39, 0.29) is 6.03 Å². The first-order chi connectivity index (χ1) is 9.26. The van der Waals surface area contributed by atoms with Crippen molar-refractivity contribution in [2.24, 2.45) is 0 Å². The van der Waals surface area contributed by atoms with Crippen LogP contribution in [-0.4, -0.2) is 60.1 Å². The number of methoxy groups -OCH3 is 1. The zero-order valence-electron chi connectivity index (χ0n) is 11.0. The van der Waals surface area contributed by atoms with Crippen molar-refractivity contribution in [2.75, 3.05) is 33.3 Å². The van der Waals surface area contributed by atoms with E-state index in [4.69, 9.17) is 4.74 Å². The number of pyridine rings is 1. The van der Waals surface area contributed by atoms with Gasteiger partial charge in [-0.3, -0.25) is 4.90 Å². The summed E-state index contributed by atoms with van der Waals surface area (Å²) >= 11 is 0. The number of carbonyl (C=O) groups is 1. The van der Waals surface area contributed by atoms with E-state index in [1.165, 1.54) is 5.56 Å². The van der Waals surface area contributed by atoms with E-state index >= 15 is 0 Å². The fraction of sp³-hybridized carbons (Fsp3) is 0.538. The van der Waals surface area contributed by atoms with Crippen LogP contribution < -0.4 is 10.1 Å². The monoisotopic (exact) mass is 262 g/mol. The van der Waals surface area contributed by atoms with E-state index in [2.05, 4.69) is 15.2 Å². The van der Waals surface area contributed by atoms with Crippen molar-refractivity contribution in [1.29, 1.82) is 0 Å². The summed E-state index contributed by atoms with van der Waals surface area (Å²) in [6.45, 7) is 4.27. The van der Waals surface area contributed by atoms with Gasteiger partial charge >= 0.3 is 6.03 Å². The Bertz CT molecular complexity index is 462. The van der Waals surface area contributed by atoms with Crippen molar-refractivity contribution < 1.29 is 9.53 Å². The zero-order chi connectivity index (χ0) is 13.2. The van der Waals surface area contributed by atoms with Gasteiger partial charge in [0.1, 0.15) is 0 Å². The molecule has 0 aromatic carbocycles. The largest absolute Gasteiger partial charge is 0.481 e. The highest BCUT2D eigenvalue weighted by atomic mass is 16.5. The molecule has 6 nitrogen and oxygen atoms in total. The molecule has 2 saturated heterocycles. The molecule has 6 heteroatoms. The van der Waals surface area contributed by atoms with Crippen molar-refractivity contribution in [2.45, 2.75) is 12.6 Å². The highest BCUT2D eigenvalue weighted by Gasteiger charge is 2.35. The van der Waals surface area contributed by atoms with Gasteiger partial charge in [0, 0.05) is 45.0 Å². The number of ether oxygens (including phenoxy) is 1. The minimum Gasteiger partial charge on any atom is -0.481 e. The number of nitrogens with zero attached hydrogens (tertiary/aromatic N) is 3. The lowest BCUT2D eigenvalue weighted by molar-refractivity contribution is 0.116. The maximum Gasteiger partial charge on any atom is 0.317 e. The number of piperazine rings is 1. The Morgan fingerprint density at radius 3 is 3.11 bits per heavy atom. The minimum absolute atomic E-state index is 0.0794. The Kier molecular flexibility index (Phi) is 3.25. The summed E-state index contributed by atoms with van der Waals surface area (Å²) in [6, 6.07) is 4.31. The van der Waals surface area contributed by atoms with E-state index in [0.717, 1.165) is 32.7 Å². The Labute approximate surface area is 112 Å². The molecule has 0 unspecified atom stereocenters. The van der Waals surface area contributed by atoms with E-state index in [1.54, 1.807) is 7.11 Å². The van der Waals surface area contributed by atoms with Crippen molar-refractivity contribution in [3.05, 3.63) is 23.9 Å². The van der Waals surface area contributed by atoms with Crippen LogP contribution in [0.25, 0.3) is 0 Å². The summed E-state index contributed by atoms with van der Waals surface area (Å²) in [5.74, 6) is 0.638. The van der Waals surface area contributed by atoms with Gasteiger partial charge in [-0.1, -0.05) is 6.07 Å². The predicted molar refractivity (Wildman–Crippen MR) is 70.0 cm³/mol. The first kappa shape index (κ1) is 12.2. The molecule has 0 radical (unpaired) electrons. The van der Waals surface area contributed by atoms with Gasteiger partial charge in [0.05, 0.1) is 13.2 Å². The normalized spacial score (nSPS) is 23.1. The van der Waals surface area contributed by atoms with Gasteiger partial charge < -0.3 is 15.0 Å². The number of hydrogen-bond donors (Lipinski definition) is 1. The third-order valence-electron chi connectivity index (χ3n) is 3.73. The Morgan fingerprint density at radius 1 is 1.47 bits per heavy atom. The maximum atomic E-state index is 11.5. The maximum absolute atomic E-state index is 11.5. The number of aromatic nitrogens is 1. The highest BCUT2D eigenvalue weighted by molar-refractivity contribution is 5.77. The standard InChI is InChI=1S/C13H18N4O2/c1-19-12-3-2-10(6-14-12)8-16-4-5-17-11(9-16)7-15-13(17)18/h2-3,6,11H,4-5,7-9H2,1H3,(H,15,18)/t11-/m0/s1. The van der Waals surface area contributed by atoms with Crippen LogP contribution in [0.5, 0.6) is 5.88 Å². The molecule has 2 fully saturated rings. The fourth-order valence-electron chi connectivity index (χ4n) is 2.70. The summed E-state index contributed by atoms with van der Waals surface area (Å²) in [5, 5.41) is 2.89. The molecule has 2 aliphatic heterocycles. The van der Waals surface area contributed by atoms with Crippen molar-refractivity contribution in [3.63, 3.8) is 0 Å². The Morgan fingerprint density at radius 2 is 2.37 bits per heavy atom. The molecule has 1 atom stereocenters. The first-order valence-corrected chi connectivity index (χ1v) is 6.52. The van der Waals surface area contributed by atoms with Crippen molar-refractivity contribution in [1.82, 2.24) is 20.1 Å². The zero-order valence-corrected chi connectivity index (χ0v) is 11.0. The SMILES string of the molecule is COc1ccc(CN2CCN3C(=O)NC[C@H]3C2)cn1. The topological polar surface area (TPSA) is 57.7 Å². The van der Waals surface area contributed by atoms with E-state index in [9.17, 15) is 4.79 Å². The molecule has 19 heavy (non-hydrogen) atoms. The van der Waals surface area contributed by atoms with Crippen LogP contribution >= 0.6 is 0 Å². The number of nitrogens with one attached hydrogen (secondary N) is 1. The van der Waals surface area contributed by atoms with Crippen molar-refractivity contribution >= 4 is 6.03 Å². The average molecular weight is 262 g/mol. The molecule has 3 rings (SSSR count). The van der Waals surface area contributed by atoms with E-state index < -0.39 is 0 Å². The summed E-state index contributed by atoms with van der Waals surface area (Å²) < 4.78 is 5.05. The molecule has 1 aromatic rings. The molecule has 2 aliphatic rings. The molecule has 1 N–H and O–H groups in total. The average Bonchev–Trinajstić information content (AvgIpc) is 2.81. The fourth-order valence-corrected chi connectivity index (χ4v) is 2.70. The number of carbonyl (C=O) groups excluding carboxylic acids is 1. The van der Waals surface area contributed by atoms with Crippen LogP contribution in [0.1, 0.15) is 5.56 Å². The summed E-state index contributed by atoms with van der Waals surface area (Å²) in [6.07, 6.45) is 1.85. The summed E-state index contributed by atoms with van der Waals surface area (Å²) in [7, 11) is 1.62.